The molecule has 1 aliphatic rings. The highest BCUT2D eigenvalue weighted by atomic mass is 32.1. The lowest BCUT2D eigenvalue weighted by Gasteiger charge is -2.13. The number of carbonyl (C=O) groups is 2. The van der Waals surface area contributed by atoms with Crippen molar-refractivity contribution in [3.8, 4) is 0 Å². The molecule has 140 valence electrons. The number of anilines is 1. The summed E-state index contributed by atoms with van der Waals surface area (Å²) in [7, 11) is 0. The van der Waals surface area contributed by atoms with E-state index in [1.54, 1.807) is 11.1 Å². The van der Waals surface area contributed by atoms with E-state index in [0.717, 1.165) is 21.3 Å². The van der Waals surface area contributed by atoms with Crippen LogP contribution in [-0.2, 0) is 16.1 Å². The molecule has 0 aliphatic carbocycles. The Balaban J connectivity index is 1.28. The van der Waals surface area contributed by atoms with Crippen molar-refractivity contribution in [2.75, 3.05) is 11.4 Å². The maximum Gasteiger partial charge on any atom is 0.229 e. The van der Waals surface area contributed by atoms with Crippen LogP contribution in [0.3, 0.4) is 0 Å². The minimum Gasteiger partial charge on any atom is -0.350 e. The molecule has 8 nitrogen and oxygen atoms in total. The monoisotopic (exact) mass is 392 g/mol. The van der Waals surface area contributed by atoms with E-state index in [4.69, 9.17) is 0 Å². The number of amides is 2. The quantitative estimate of drug-likeness (QED) is 0.554. The molecule has 4 heterocycles. The summed E-state index contributed by atoms with van der Waals surface area (Å²) in [5.74, 6) is -0.620. The van der Waals surface area contributed by atoms with Gasteiger partial charge in [0, 0.05) is 24.5 Å². The average molecular weight is 392 g/mol. The fraction of sp³-hybridized carbons (Fsp3) is 0.211. The van der Waals surface area contributed by atoms with Gasteiger partial charge in [0.15, 0.2) is 10.8 Å². The maximum absolute atomic E-state index is 12.6. The summed E-state index contributed by atoms with van der Waals surface area (Å²) in [4.78, 5) is 35.4. The summed E-state index contributed by atoms with van der Waals surface area (Å²) < 4.78 is 1.03. The van der Waals surface area contributed by atoms with Crippen LogP contribution in [0.5, 0.6) is 0 Å². The fourth-order valence-corrected chi connectivity index (χ4v) is 4.39. The van der Waals surface area contributed by atoms with Gasteiger partial charge in [-0.2, -0.15) is 5.10 Å². The van der Waals surface area contributed by atoms with Gasteiger partial charge in [-0.3, -0.25) is 19.6 Å². The molecule has 1 unspecified atom stereocenters. The van der Waals surface area contributed by atoms with Crippen molar-refractivity contribution in [3.05, 3.63) is 48.3 Å². The van der Waals surface area contributed by atoms with Gasteiger partial charge in [-0.25, -0.2) is 9.97 Å². The van der Waals surface area contributed by atoms with Crippen LogP contribution < -0.4 is 10.2 Å². The molecule has 1 atom stereocenters. The third-order valence-electron chi connectivity index (χ3n) is 4.86. The summed E-state index contributed by atoms with van der Waals surface area (Å²) in [5.41, 5.74) is 2.27. The molecule has 1 aromatic carbocycles. The van der Waals surface area contributed by atoms with Crippen LogP contribution in [0.2, 0.25) is 0 Å². The van der Waals surface area contributed by atoms with Gasteiger partial charge in [0.25, 0.3) is 0 Å². The number of para-hydroxylation sites is 1. The fourth-order valence-electron chi connectivity index (χ4n) is 3.40. The van der Waals surface area contributed by atoms with Crippen LogP contribution in [0.1, 0.15) is 12.1 Å². The molecular formula is C19H16N6O2S. The van der Waals surface area contributed by atoms with Crippen LogP contribution in [0.4, 0.5) is 5.13 Å². The predicted molar refractivity (Wildman–Crippen MR) is 106 cm³/mol. The zero-order valence-corrected chi connectivity index (χ0v) is 15.6. The molecule has 28 heavy (non-hydrogen) atoms. The van der Waals surface area contributed by atoms with Crippen molar-refractivity contribution in [2.45, 2.75) is 13.0 Å². The highest BCUT2D eigenvalue weighted by molar-refractivity contribution is 7.22. The zero-order chi connectivity index (χ0) is 19.1. The first-order valence-corrected chi connectivity index (χ1v) is 9.72. The minimum absolute atomic E-state index is 0.0737. The van der Waals surface area contributed by atoms with Crippen LogP contribution in [0.25, 0.3) is 21.3 Å². The third kappa shape index (κ3) is 2.89. The molecule has 9 heteroatoms. The van der Waals surface area contributed by atoms with Gasteiger partial charge in [0.1, 0.15) is 0 Å². The number of rotatable bonds is 4. The smallest absolute Gasteiger partial charge is 0.229 e. The van der Waals surface area contributed by atoms with E-state index in [1.165, 1.54) is 11.3 Å². The molecule has 1 fully saturated rings. The second-order valence-corrected chi connectivity index (χ2v) is 7.67. The van der Waals surface area contributed by atoms with Crippen LogP contribution in [-0.4, -0.2) is 38.5 Å². The average Bonchev–Trinajstić information content (AvgIpc) is 3.42. The molecule has 2 N–H and O–H groups in total. The second-order valence-electron chi connectivity index (χ2n) is 6.66. The first kappa shape index (κ1) is 16.8. The zero-order valence-electron chi connectivity index (χ0n) is 14.8. The first-order valence-electron chi connectivity index (χ1n) is 8.90. The van der Waals surface area contributed by atoms with E-state index in [-0.39, 0.29) is 18.2 Å². The third-order valence-corrected chi connectivity index (χ3v) is 5.92. The van der Waals surface area contributed by atoms with Crippen molar-refractivity contribution in [1.29, 1.82) is 0 Å². The lowest BCUT2D eigenvalue weighted by molar-refractivity contribution is -0.126. The molecule has 4 aromatic rings. The van der Waals surface area contributed by atoms with Gasteiger partial charge >= 0.3 is 0 Å². The number of hydrogen-bond donors (Lipinski definition) is 2. The van der Waals surface area contributed by atoms with E-state index < -0.39 is 5.92 Å². The van der Waals surface area contributed by atoms with Gasteiger partial charge in [-0.05, 0) is 24.3 Å². The second kappa shape index (κ2) is 6.68. The van der Waals surface area contributed by atoms with Gasteiger partial charge in [-0.15, -0.1) is 0 Å². The van der Waals surface area contributed by atoms with Crippen LogP contribution in [0.15, 0.2) is 42.6 Å². The number of fused-ring (bicyclic) bond motifs is 2. The Bertz CT molecular complexity index is 1170. The number of H-pyrrole nitrogens is 1. The molecule has 0 saturated carbocycles. The molecule has 1 aliphatic heterocycles. The summed E-state index contributed by atoms with van der Waals surface area (Å²) >= 11 is 1.47. The standard InChI is InChI=1S/C19H16N6O2S/c26-16-8-11(10-25(16)19-22-13-5-1-2-6-15(13)28-19)18(27)21-9-14-12-4-3-7-20-17(12)24-23-14/h1-7,11H,8-10H2,(H,21,27)(H,20,23,24). The summed E-state index contributed by atoms with van der Waals surface area (Å²) in [6.07, 6.45) is 1.86. The number of hydrogen-bond acceptors (Lipinski definition) is 6. The summed E-state index contributed by atoms with van der Waals surface area (Å²) in [6.45, 7) is 0.655. The van der Waals surface area contributed by atoms with E-state index in [2.05, 4.69) is 25.5 Å². The highest BCUT2D eigenvalue weighted by Gasteiger charge is 2.36. The summed E-state index contributed by atoms with van der Waals surface area (Å²) in [6, 6.07) is 11.5. The van der Waals surface area contributed by atoms with E-state index in [1.807, 2.05) is 36.4 Å². The molecule has 3 aromatic heterocycles. The number of aromatic nitrogens is 4. The Morgan fingerprint density at radius 2 is 2.18 bits per heavy atom. The highest BCUT2D eigenvalue weighted by Crippen LogP contribution is 2.32. The van der Waals surface area contributed by atoms with Gasteiger partial charge in [0.2, 0.25) is 11.8 Å². The van der Waals surface area contributed by atoms with Gasteiger partial charge in [0.05, 0.1) is 28.4 Å². The molecule has 1 saturated heterocycles. The largest absolute Gasteiger partial charge is 0.350 e. The lowest BCUT2D eigenvalue weighted by Crippen LogP contribution is -2.32. The molecule has 0 spiro atoms. The van der Waals surface area contributed by atoms with Crippen molar-refractivity contribution >= 4 is 49.5 Å². The van der Waals surface area contributed by atoms with E-state index >= 15 is 0 Å². The van der Waals surface area contributed by atoms with Crippen molar-refractivity contribution in [3.63, 3.8) is 0 Å². The number of nitrogens with zero attached hydrogens (tertiary/aromatic N) is 4. The van der Waals surface area contributed by atoms with Crippen LogP contribution >= 0.6 is 11.3 Å². The number of thiazole rings is 1. The number of carbonyl (C=O) groups excluding carboxylic acids is 2. The molecular weight excluding hydrogens is 376 g/mol. The maximum atomic E-state index is 12.6. The Morgan fingerprint density at radius 1 is 1.29 bits per heavy atom. The Labute approximate surface area is 163 Å². The van der Waals surface area contributed by atoms with Gasteiger partial charge < -0.3 is 5.32 Å². The van der Waals surface area contributed by atoms with Crippen molar-refractivity contribution in [2.24, 2.45) is 5.92 Å². The summed E-state index contributed by atoms with van der Waals surface area (Å²) in [5, 5.41) is 11.5. The van der Waals surface area contributed by atoms with Crippen molar-refractivity contribution < 1.29 is 9.59 Å². The number of pyridine rings is 1. The number of benzene rings is 1. The molecule has 0 radical (unpaired) electrons. The normalized spacial score (nSPS) is 16.9. The Morgan fingerprint density at radius 3 is 3.07 bits per heavy atom. The first-order chi connectivity index (χ1) is 13.7. The van der Waals surface area contributed by atoms with Crippen molar-refractivity contribution in [1.82, 2.24) is 25.5 Å². The Hall–Kier alpha value is -3.33. The Kier molecular flexibility index (Phi) is 4.01. The molecule has 2 amide bonds. The molecule has 0 bridgehead atoms. The number of aromatic amines is 1. The SMILES string of the molecule is O=C(NCc1[nH]nc2ncccc12)C1CC(=O)N(c2nc3ccccc3s2)C1. The van der Waals surface area contributed by atoms with E-state index in [9.17, 15) is 9.59 Å². The van der Waals surface area contributed by atoms with E-state index in [0.29, 0.717) is 23.9 Å². The van der Waals surface area contributed by atoms with Crippen LogP contribution in [0, 0.1) is 5.92 Å². The minimum atomic E-state index is -0.396. The topological polar surface area (TPSA) is 104 Å². The lowest BCUT2D eigenvalue weighted by atomic mass is 10.1. The predicted octanol–water partition coefficient (Wildman–Crippen LogP) is 2.24. The number of nitrogens with one attached hydrogen (secondary N) is 2. The van der Waals surface area contributed by atoms with Gasteiger partial charge in [-0.1, -0.05) is 23.5 Å². The molecule has 5 rings (SSSR count).